The number of nitrogens with one attached hydrogen (secondary N) is 1. The predicted octanol–water partition coefficient (Wildman–Crippen LogP) is 4.62. The van der Waals surface area contributed by atoms with Gasteiger partial charge in [-0.2, -0.15) is 0 Å². The predicted molar refractivity (Wildman–Crippen MR) is 94.0 cm³/mol. The summed E-state index contributed by atoms with van der Waals surface area (Å²) in [6.07, 6.45) is 0.738. The normalized spacial score (nSPS) is 18.0. The molecule has 0 amide bonds. The maximum atomic E-state index is 12.6. The quantitative estimate of drug-likeness (QED) is 0.791. The number of rotatable bonds is 3. The van der Waals surface area contributed by atoms with Crippen LogP contribution < -0.4 is 4.72 Å². The van der Waals surface area contributed by atoms with E-state index in [1.54, 1.807) is 36.0 Å². The Kier molecular flexibility index (Phi) is 4.85. The van der Waals surface area contributed by atoms with Gasteiger partial charge < -0.3 is 0 Å². The van der Waals surface area contributed by atoms with Crippen LogP contribution in [0.25, 0.3) is 0 Å². The number of fused-ring (bicyclic) bond motifs is 1. The number of hydrogen-bond donors (Lipinski definition) is 1. The zero-order valence-electron chi connectivity index (χ0n) is 11.4. The highest BCUT2D eigenvalue weighted by molar-refractivity contribution is 9.10. The van der Waals surface area contributed by atoms with Crippen LogP contribution in [0.5, 0.6) is 0 Å². The van der Waals surface area contributed by atoms with E-state index >= 15 is 0 Å². The second kappa shape index (κ2) is 6.53. The Morgan fingerprint density at radius 1 is 1.23 bits per heavy atom. The molecule has 0 bridgehead atoms. The molecule has 0 saturated carbocycles. The molecular formula is C15H13BrClNO2S2. The lowest BCUT2D eigenvalue weighted by Crippen LogP contribution is -2.31. The van der Waals surface area contributed by atoms with Crippen molar-refractivity contribution in [2.45, 2.75) is 22.3 Å². The van der Waals surface area contributed by atoms with Crippen LogP contribution in [0.3, 0.4) is 0 Å². The van der Waals surface area contributed by atoms with E-state index in [0.29, 0.717) is 9.50 Å². The third-order valence-corrected chi connectivity index (χ3v) is 7.28. The lowest BCUT2D eigenvalue weighted by Gasteiger charge is -2.26. The van der Waals surface area contributed by atoms with E-state index in [9.17, 15) is 8.42 Å². The van der Waals surface area contributed by atoms with Crippen molar-refractivity contribution in [3.63, 3.8) is 0 Å². The average molecular weight is 419 g/mol. The average Bonchev–Trinajstić information content (AvgIpc) is 2.48. The van der Waals surface area contributed by atoms with Gasteiger partial charge in [-0.1, -0.05) is 23.7 Å². The molecule has 1 N–H and O–H groups in total. The molecular weight excluding hydrogens is 406 g/mol. The molecule has 0 fully saturated rings. The number of benzene rings is 2. The summed E-state index contributed by atoms with van der Waals surface area (Å²) in [7, 11) is -3.60. The monoisotopic (exact) mass is 417 g/mol. The van der Waals surface area contributed by atoms with Crippen molar-refractivity contribution in [3.05, 3.63) is 57.5 Å². The van der Waals surface area contributed by atoms with Crippen molar-refractivity contribution in [2.75, 3.05) is 5.75 Å². The highest BCUT2D eigenvalue weighted by atomic mass is 79.9. The molecule has 3 rings (SSSR count). The smallest absolute Gasteiger partial charge is 0.207 e. The van der Waals surface area contributed by atoms with E-state index in [-0.39, 0.29) is 10.9 Å². The van der Waals surface area contributed by atoms with Gasteiger partial charge >= 0.3 is 0 Å². The third kappa shape index (κ3) is 3.36. The van der Waals surface area contributed by atoms with Crippen molar-refractivity contribution in [1.29, 1.82) is 0 Å². The SMILES string of the molecule is O=S(=O)(NC1CCSc2ccc(Cl)cc21)c1ccccc1Br. The van der Waals surface area contributed by atoms with Gasteiger partial charge in [-0.05, 0) is 64.0 Å². The summed E-state index contributed by atoms with van der Waals surface area (Å²) in [5.74, 6) is 0.873. The number of halogens is 2. The Hall–Kier alpha value is -0.530. The highest BCUT2D eigenvalue weighted by Crippen LogP contribution is 2.38. The molecule has 0 aromatic heterocycles. The van der Waals surface area contributed by atoms with Gasteiger partial charge in [0.2, 0.25) is 10.0 Å². The molecule has 1 heterocycles. The molecule has 3 nitrogen and oxygen atoms in total. The molecule has 7 heteroatoms. The summed E-state index contributed by atoms with van der Waals surface area (Å²) in [6.45, 7) is 0. The molecule has 1 atom stereocenters. The minimum Gasteiger partial charge on any atom is -0.207 e. The molecule has 22 heavy (non-hydrogen) atoms. The lowest BCUT2D eigenvalue weighted by molar-refractivity contribution is 0.545. The van der Waals surface area contributed by atoms with Gasteiger partial charge in [-0.25, -0.2) is 13.1 Å². The van der Waals surface area contributed by atoms with E-state index in [0.717, 1.165) is 22.6 Å². The van der Waals surface area contributed by atoms with E-state index in [4.69, 9.17) is 11.6 Å². The minimum absolute atomic E-state index is 0.247. The molecule has 116 valence electrons. The zero-order valence-corrected chi connectivity index (χ0v) is 15.4. The molecule has 2 aromatic carbocycles. The van der Waals surface area contributed by atoms with Crippen LogP contribution >= 0.6 is 39.3 Å². The van der Waals surface area contributed by atoms with Crippen LogP contribution in [0.15, 0.2) is 56.7 Å². The van der Waals surface area contributed by atoms with E-state index < -0.39 is 10.0 Å². The lowest BCUT2D eigenvalue weighted by atomic mass is 10.1. The first-order valence-corrected chi connectivity index (χ1v) is 10.3. The number of sulfonamides is 1. The molecule has 0 aliphatic carbocycles. The van der Waals surface area contributed by atoms with Gasteiger partial charge in [-0.3, -0.25) is 0 Å². The van der Waals surface area contributed by atoms with Crippen molar-refractivity contribution in [2.24, 2.45) is 0 Å². The van der Waals surface area contributed by atoms with Crippen LogP contribution in [0, 0.1) is 0 Å². The fraction of sp³-hybridized carbons (Fsp3) is 0.200. The second-order valence-corrected chi connectivity index (χ2v) is 9.03. The maximum Gasteiger partial charge on any atom is 0.242 e. The van der Waals surface area contributed by atoms with Crippen LogP contribution in [-0.4, -0.2) is 14.2 Å². The number of thioether (sulfide) groups is 1. The molecule has 2 aromatic rings. The summed E-state index contributed by atoms with van der Waals surface area (Å²) in [6, 6.07) is 12.2. The first-order valence-electron chi connectivity index (χ1n) is 6.66. The van der Waals surface area contributed by atoms with Gasteiger partial charge in [0.15, 0.2) is 0 Å². The Balaban J connectivity index is 1.95. The van der Waals surface area contributed by atoms with Crippen molar-refractivity contribution in [3.8, 4) is 0 Å². The largest absolute Gasteiger partial charge is 0.242 e. The minimum atomic E-state index is -3.60. The second-order valence-electron chi connectivity index (χ2n) is 4.92. The summed E-state index contributed by atoms with van der Waals surface area (Å²) in [4.78, 5) is 1.33. The highest BCUT2D eigenvalue weighted by Gasteiger charge is 2.27. The molecule has 1 unspecified atom stereocenters. The standard InChI is InChI=1S/C15H13BrClNO2S2/c16-12-3-1-2-4-15(12)22(19,20)18-13-7-8-21-14-6-5-10(17)9-11(13)14/h1-6,9,13,18H,7-8H2. The molecule has 0 spiro atoms. The van der Waals surface area contributed by atoms with Crippen LogP contribution in [0.1, 0.15) is 18.0 Å². The van der Waals surface area contributed by atoms with Crippen LogP contribution in [0.4, 0.5) is 0 Å². The number of hydrogen-bond acceptors (Lipinski definition) is 3. The molecule has 1 aliphatic rings. The van der Waals surface area contributed by atoms with E-state index in [1.165, 1.54) is 0 Å². The van der Waals surface area contributed by atoms with Crippen molar-refractivity contribution in [1.82, 2.24) is 4.72 Å². The summed E-state index contributed by atoms with van der Waals surface area (Å²) < 4.78 is 28.6. The summed E-state index contributed by atoms with van der Waals surface area (Å²) in [5, 5.41) is 0.617. The maximum absolute atomic E-state index is 12.6. The summed E-state index contributed by atoms with van der Waals surface area (Å²) in [5.41, 5.74) is 0.944. The van der Waals surface area contributed by atoms with E-state index in [1.807, 2.05) is 18.2 Å². The zero-order chi connectivity index (χ0) is 15.7. The van der Waals surface area contributed by atoms with Gasteiger partial charge in [0, 0.05) is 20.4 Å². The van der Waals surface area contributed by atoms with Gasteiger partial charge in [-0.15, -0.1) is 11.8 Å². The Labute approximate surface area is 147 Å². The third-order valence-electron chi connectivity index (χ3n) is 3.43. The first kappa shape index (κ1) is 16.3. The molecule has 0 radical (unpaired) electrons. The topological polar surface area (TPSA) is 46.2 Å². The Bertz CT molecular complexity index is 811. The molecule has 1 aliphatic heterocycles. The Morgan fingerprint density at radius 2 is 2.00 bits per heavy atom. The van der Waals surface area contributed by atoms with Crippen molar-refractivity contribution < 1.29 is 8.42 Å². The molecule has 0 saturated heterocycles. The fourth-order valence-electron chi connectivity index (χ4n) is 2.40. The van der Waals surface area contributed by atoms with Crippen molar-refractivity contribution >= 4 is 49.3 Å². The van der Waals surface area contributed by atoms with Crippen LogP contribution in [-0.2, 0) is 10.0 Å². The first-order chi connectivity index (χ1) is 10.5. The van der Waals surface area contributed by atoms with Gasteiger partial charge in [0.1, 0.15) is 0 Å². The Morgan fingerprint density at radius 3 is 2.77 bits per heavy atom. The van der Waals surface area contributed by atoms with Gasteiger partial charge in [0.05, 0.1) is 4.90 Å². The summed E-state index contributed by atoms with van der Waals surface area (Å²) >= 11 is 11.1. The van der Waals surface area contributed by atoms with Gasteiger partial charge in [0.25, 0.3) is 0 Å². The van der Waals surface area contributed by atoms with Crippen LogP contribution in [0.2, 0.25) is 5.02 Å². The van der Waals surface area contributed by atoms with E-state index in [2.05, 4.69) is 20.7 Å². The fourth-order valence-corrected chi connectivity index (χ4v) is 5.94.